The summed E-state index contributed by atoms with van der Waals surface area (Å²) >= 11 is 0. The summed E-state index contributed by atoms with van der Waals surface area (Å²) in [4.78, 5) is 67.2. The first-order chi connectivity index (χ1) is 23.5. The molecule has 0 saturated carbocycles. The van der Waals surface area contributed by atoms with Gasteiger partial charge in [0.15, 0.2) is 11.6 Å². The number of ether oxygens (including phenoxy) is 4. The maximum absolute atomic E-state index is 13.0. The number of Topliss-reactive ketones (excluding diaryl/α,β-unsaturated/α-hetero) is 2. The van der Waals surface area contributed by atoms with Gasteiger partial charge < -0.3 is 29.2 Å². The summed E-state index contributed by atoms with van der Waals surface area (Å²) in [6.45, 7) is 11.5. The molecule has 2 aromatic carbocycles. The zero-order chi connectivity index (χ0) is 36.6. The van der Waals surface area contributed by atoms with Crippen LogP contribution >= 0.6 is 0 Å². The monoisotopic (exact) mass is 694 g/mol. The molecular weight excluding hydrogens is 644 g/mol. The first kappa shape index (κ1) is 38.3. The van der Waals surface area contributed by atoms with Gasteiger partial charge in [-0.3, -0.25) is 24.6 Å². The summed E-state index contributed by atoms with van der Waals surface area (Å²) < 4.78 is 22.5. The van der Waals surface area contributed by atoms with E-state index in [2.05, 4.69) is 10.6 Å². The topological polar surface area (TPSA) is 153 Å². The number of hydrogen-bond donors (Lipinski definition) is 2. The quantitative estimate of drug-likeness (QED) is 0.221. The summed E-state index contributed by atoms with van der Waals surface area (Å²) in [5.74, 6) is -0.0198. The Morgan fingerprint density at radius 3 is 2.00 bits per heavy atom. The van der Waals surface area contributed by atoms with Gasteiger partial charge in [0.25, 0.3) is 0 Å². The number of hydrogen-bond acceptors (Lipinski definition) is 10. The molecule has 13 heteroatoms. The van der Waals surface area contributed by atoms with Crippen LogP contribution in [0.4, 0.5) is 9.59 Å². The van der Waals surface area contributed by atoms with Crippen molar-refractivity contribution in [1.82, 2.24) is 20.4 Å². The van der Waals surface area contributed by atoms with E-state index in [9.17, 15) is 24.0 Å². The molecule has 50 heavy (non-hydrogen) atoms. The summed E-state index contributed by atoms with van der Waals surface area (Å²) in [7, 11) is 1.54. The third-order valence-corrected chi connectivity index (χ3v) is 8.17. The van der Waals surface area contributed by atoms with Crippen molar-refractivity contribution in [1.29, 1.82) is 0 Å². The largest absolute Gasteiger partial charge is 0.457 e. The van der Waals surface area contributed by atoms with Crippen LogP contribution in [0.25, 0.3) is 0 Å². The van der Waals surface area contributed by atoms with Crippen molar-refractivity contribution in [2.45, 2.75) is 96.7 Å². The lowest BCUT2D eigenvalue weighted by atomic mass is 10.1. The first-order valence-corrected chi connectivity index (χ1v) is 17.0. The van der Waals surface area contributed by atoms with Crippen LogP contribution in [0.2, 0.25) is 0 Å². The number of carbonyl (C=O) groups is 5. The van der Waals surface area contributed by atoms with Crippen LogP contribution in [0.3, 0.4) is 0 Å². The van der Waals surface area contributed by atoms with Gasteiger partial charge in [0.05, 0.1) is 19.1 Å². The number of carbonyl (C=O) groups excluding carboxylic acids is 5. The summed E-state index contributed by atoms with van der Waals surface area (Å²) in [5, 5.41) is 5.80. The molecule has 2 aromatic rings. The van der Waals surface area contributed by atoms with E-state index in [1.54, 1.807) is 74.2 Å². The molecule has 0 bridgehead atoms. The van der Waals surface area contributed by atoms with Gasteiger partial charge in [0, 0.05) is 31.3 Å². The van der Waals surface area contributed by atoms with Gasteiger partial charge in [-0.25, -0.2) is 9.59 Å². The van der Waals surface area contributed by atoms with Gasteiger partial charge in [0.2, 0.25) is 5.91 Å². The Labute approximate surface area is 293 Å². The van der Waals surface area contributed by atoms with Gasteiger partial charge in [-0.2, -0.15) is 0 Å². The van der Waals surface area contributed by atoms with E-state index in [-0.39, 0.29) is 30.7 Å². The lowest BCUT2D eigenvalue weighted by molar-refractivity contribution is -0.125. The van der Waals surface area contributed by atoms with Crippen LogP contribution in [-0.4, -0.2) is 102 Å². The Morgan fingerprint density at radius 2 is 1.36 bits per heavy atom. The minimum absolute atomic E-state index is 0.00214. The van der Waals surface area contributed by atoms with E-state index < -0.39 is 41.6 Å². The zero-order valence-electron chi connectivity index (χ0n) is 30.1. The Hall–Kier alpha value is -4.49. The zero-order valence-corrected chi connectivity index (χ0v) is 30.1. The van der Waals surface area contributed by atoms with Crippen LogP contribution in [0.1, 0.15) is 87.9 Å². The average Bonchev–Trinajstić information content (AvgIpc) is 3.74. The molecule has 3 amide bonds. The van der Waals surface area contributed by atoms with E-state index >= 15 is 0 Å². The molecule has 2 saturated heterocycles. The number of likely N-dealkylation sites (tertiary alicyclic amines) is 2. The minimum atomic E-state index is -0.693. The van der Waals surface area contributed by atoms with Crippen molar-refractivity contribution in [2.75, 3.05) is 33.3 Å². The minimum Gasteiger partial charge on any atom is -0.457 e. The SMILES string of the molecule is COC(NCC(=O)c1ccc(Oc2cccc(C(=O)CNC(=O)C3CCCN3C(=O)OC(C)(C)C)c2)cc1)C1CCCN1C(=O)OC(C)(C)C. The third kappa shape index (κ3) is 10.8. The first-order valence-electron chi connectivity index (χ1n) is 17.0. The van der Waals surface area contributed by atoms with Crippen LogP contribution in [0, 0.1) is 0 Å². The van der Waals surface area contributed by atoms with Crippen LogP contribution < -0.4 is 15.4 Å². The second-order valence-electron chi connectivity index (χ2n) is 14.5. The van der Waals surface area contributed by atoms with Crippen LogP contribution in [0.5, 0.6) is 11.5 Å². The van der Waals surface area contributed by atoms with Gasteiger partial charge in [-0.05, 0) is 104 Å². The fraction of sp³-hybridized carbons (Fsp3) is 0.541. The van der Waals surface area contributed by atoms with E-state index in [4.69, 9.17) is 18.9 Å². The molecule has 2 aliphatic heterocycles. The van der Waals surface area contributed by atoms with Crippen molar-refractivity contribution < 1.29 is 42.9 Å². The molecule has 2 fully saturated rings. The van der Waals surface area contributed by atoms with Crippen molar-refractivity contribution in [3.63, 3.8) is 0 Å². The Kier molecular flexibility index (Phi) is 12.6. The predicted molar refractivity (Wildman–Crippen MR) is 185 cm³/mol. The van der Waals surface area contributed by atoms with Crippen molar-refractivity contribution in [2.24, 2.45) is 0 Å². The number of methoxy groups -OCH3 is 1. The van der Waals surface area contributed by atoms with Gasteiger partial charge >= 0.3 is 12.2 Å². The van der Waals surface area contributed by atoms with E-state index in [1.807, 2.05) is 20.8 Å². The lowest BCUT2D eigenvalue weighted by Crippen LogP contribution is -2.52. The highest BCUT2D eigenvalue weighted by atomic mass is 16.6. The van der Waals surface area contributed by atoms with Gasteiger partial charge in [-0.15, -0.1) is 0 Å². The van der Waals surface area contributed by atoms with Gasteiger partial charge in [0.1, 0.15) is 35.0 Å². The van der Waals surface area contributed by atoms with Crippen molar-refractivity contribution in [3.05, 3.63) is 59.7 Å². The number of ketones is 2. The Bertz CT molecular complexity index is 1530. The standard InChI is InChI=1S/C37H50N4O9/c1-36(2,3)49-34(45)40-19-9-13-28(40)32(44)38-22-31(43)25-11-8-12-27(21-25)48-26-17-15-24(16-18-26)30(42)23-39-33(47-7)29-14-10-20-41(29)35(46)50-37(4,5)6/h8,11-12,15-18,21,28-29,33,39H,9-10,13-14,19-20,22-23H2,1-7H3,(H,38,44). The molecular formula is C37H50N4O9. The molecule has 2 aliphatic rings. The fourth-order valence-corrected chi connectivity index (χ4v) is 5.87. The number of nitrogens with zero attached hydrogens (tertiary/aromatic N) is 2. The molecule has 0 aromatic heterocycles. The van der Waals surface area contributed by atoms with Gasteiger partial charge in [-0.1, -0.05) is 12.1 Å². The Balaban J connectivity index is 1.28. The second-order valence-corrected chi connectivity index (χ2v) is 14.5. The van der Waals surface area contributed by atoms with E-state index in [0.717, 1.165) is 12.8 Å². The third-order valence-electron chi connectivity index (χ3n) is 8.17. The number of benzene rings is 2. The maximum atomic E-state index is 13.0. The smallest absolute Gasteiger partial charge is 0.410 e. The van der Waals surface area contributed by atoms with Crippen LogP contribution in [-0.2, 0) is 19.0 Å². The summed E-state index contributed by atoms with van der Waals surface area (Å²) in [5.41, 5.74) is -0.492. The van der Waals surface area contributed by atoms with Crippen molar-refractivity contribution >= 4 is 29.7 Å². The molecule has 2 heterocycles. The highest BCUT2D eigenvalue weighted by molar-refractivity contribution is 6.00. The van der Waals surface area contributed by atoms with E-state index in [1.165, 1.54) is 12.0 Å². The second kappa shape index (κ2) is 16.5. The highest BCUT2D eigenvalue weighted by Gasteiger charge is 2.38. The molecule has 2 N–H and O–H groups in total. The predicted octanol–water partition coefficient (Wildman–Crippen LogP) is 5.32. The lowest BCUT2D eigenvalue weighted by Gasteiger charge is -2.32. The molecule has 0 radical (unpaired) electrons. The van der Waals surface area contributed by atoms with E-state index in [0.29, 0.717) is 48.6 Å². The Morgan fingerprint density at radius 1 is 0.760 bits per heavy atom. The number of amides is 3. The van der Waals surface area contributed by atoms with Crippen LogP contribution in [0.15, 0.2) is 48.5 Å². The molecule has 0 spiro atoms. The van der Waals surface area contributed by atoms with Crippen molar-refractivity contribution in [3.8, 4) is 11.5 Å². The molecule has 0 aliphatic carbocycles. The normalized spacial score (nSPS) is 18.4. The molecule has 13 nitrogen and oxygen atoms in total. The summed E-state index contributed by atoms with van der Waals surface area (Å²) in [6, 6.07) is 12.2. The summed E-state index contributed by atoms with van der Waals surface area (Å²) in [6.07, 6.45) is 1.20. The molecule has 3 atom stereocenters. The number of rotatable bonds is 12. The molecule has 3 unspecified atom stereocenters. The molecule has 272 valence electrons. The maximum Gasteiger partial charge on any atom is 0.410 e. The molecule has 4 rings (SSSR count). The fourth-order valence-electron chi connectivity index (χ4n) is 5.87. The highest BCUT2D eigenvalue weighted by Crippen LogP contribution is 2.26. The number of nitrogens with one attached hydrogen (secondary N) is 2. The average molecular weight is 695 g/mol.